The monoisotopic (exact) mass is 203 g/mol. The third-order valence-corrected chi connectivity index (χ3v) is 3.65. The Kier molecular flexibility index (Phi) is 2.08. The van der Waals surface area contributed by atoms with E-state index < -0.39 is 0 Å². The summed E-state index contributed by atoms with van der Waals surface area (Å²) < 4.78 is 5.89. The highest BCUT2D eigenvalue weighted by Gasteiger charge is 2.34. The van der Waals surface area contributed by atoms with Crippen molar-refractivity contribution >= 4 is 0 Å². The number of rotatable bonds is 0. The summed E-state index contributed by atoms with van der Waals surface area (Å²) in [5.41, 5.74) is 5.70. The molecule has 1 aromatic carbocycles. The molecular formula is C13H17NO. The van der Waals surface area contributed by atoms with Gasteiger partial charge in [-0.2, -0.15) is 0 Å². The molecule has 80 valence electrons. The second kappa shape index (κ2) is 3.32. The van der Waals surface area contributed by atoms with Crippen LogP contribution in [0.1, 0.15) is 28.2 Å². The van der Waals surface area contributed by atoms with E-state index in [4.69, 9.17) is 4.74 Å². The molecule has 1 fully saturated rings. The van der Waals surface area contributed by atoms with Crippen molar-refractivity contribution in [2.45, 2.75) is 32.5 Å². The van der Waals surface area contributed by atoms with Crippen LogP contribution in [0, 0.1) is 13.8 Å². The van der Waals surface area contributed by atoms with Gasteiger partial charge in [0.1, 0.15) is 0 Å². The minimum atomic E-state index is 0.402. The van der Waals surface area contributed by atoms with E-state index in [0.29, 0.717) is 12.0 Å². The van der Waals surface area contributed by atoms with Gasteiger partial charge in [0.05, 0.1) is 12.7 Å². The topological polar surface area (TPSA) is 21.3 Å². The predicted octanol–water partition coefficient (Wildman–Crippen LogP) is 1.89. The first-order valence-electron chi connectivity index (χ1n) is 5.68. The predicted molar refractivity (Wildman–Crippen MR) is 60.1 cm³/mol. The van der Waals surface area contributed by atoms with Crippen LogP contribution in [-0.4, -0.2) is 19.2 Å². The van der Waals surface area contributed by atoms with Crippen molar-refractivity contribution in [1.82, 2.24) is 5.32 Å². The number of hydrogen-bond acceptors (Lipinski definition) is 2. The fraction of sp³-hybridized carbons (Fsp3) is 0.538. The Bertz CT molecular complexity index is 400. The molecule has 2 nitrogen and oxygen atoms in total. The normalized spacial score (nSPS) is 28.7. The third kappa shape index (κ3) is 1.40. The molecule has 15 heavy (non-hydrogen) atoms. The van der Waals surface area contributed by atoms with Gasteiger partial charge in [-0.25, -0.2) is 0 Å². The first-order valence-corrected chi connectivity index (χ1v) is 5.68. The van der Waals surface area contributed by atoms with Crippen molar-refractivity contribution in [2.75, 3.05) is 13.1 Å². The Labute approximate surface area is 90.6 Å². The van der Waals surface area contributed by atoms with Gasteiger partial charge in [0, 0.05) is 19.0 Å². The summed E-state index contributed by atoms with van der Waals surface area (Å²) in [6.45, 7) is 7.25. The van der Waals surface area contributed by atoms with E-state index in [1.165, 1.54) is 22.3 Å². The van der Waals surface area contributed by atoms with Crippen molar-refractivity contribution < 1.29 is 4.74 Å². The lowest BCUT2D eigenvalue weighted by Crippen LogP contribution is -2.27. The summed E-state index contributed by atoms with van der Waals surface area (Å²) in [5, 5.41) is 3.42. The minimum absolute atomic E-state index is 0.402. The molecule has 0 radical (unpaired) electrons. The Morgan fingerprint density at radius 2 is 2.13 bits per heavy atom. The lowest BCUT2D eigenvalue weighted by Gasteiger charge is -2.29. The van der Waals surface area contributed by atoms with E-state index in [2.05, 4.69) is 31.3 Å². The Morgan fingerprint density at radius 3 is 3.00 bits per heavy atom. The third-order valence-electron chi connectivity index (χ3n) is 3.65. The lowest BCUT2D eigenvalue weighted by molar-refractivity contribution is 0.0295. The number of fused-ring (bicyclic) bond motifs is 3. The number of nitrogens with one attached hydrogen (secondary N) is 1. The zero-order valence-electron chi connectivity index (χ0n) is 9.34. The summed E-state index contributed by atoms with van der Waals surface area (Å²) in [5.74, 6) is 0.576. The molecule has 0 bridgehead atoms. The lowest BCUT2D eigenvalue weighted by atomic mass is 9.86. The molecule has 2 aliphatic rings. The Hall–Kier alpha value is -0.860. The largest absolute Gasteiger partial charge is 0.372 e. The summed E-state index contributed by atoms with van der Waals surface area (Å²) in [7, 11) is 0. The van der Waals surface area contributed by atoms with Crippen LogP contribution >= 0.6 is 0 Å². The molecule has 1 saturated heterocycles. The fourth-order valence-corrected chi connectivity index (χ4v) is 2.89. The van der Waals surface area contributed by atoms with Crippen LogP contribution in [0.3, 0.4) is 0 Å². The second-order valence-electron chi connectivity index (χ2n) is 4.76. The van der Waals surface area contributed by atoms with Gasteiger partial charge in [-0.1, -0.05) is 17.7 Å². The zero-order valence-corrected chi connectivity index (χ0v) is 9.34. The van der Waals surface area contributed by atoms with E-state index in [1.54, 1.807) is 0 Å². The Morgan fingerprint density at radius 1 is 1.27 bits per heavy atom. The van der Waals surface area contributed by atoms with Crippen LogP contribution in [0.5, 0.6) is 0 Å². The highest BCUT2D eigenvalue weighted by atomic mass is 16.5. The smallest absolute Gasteiger partial charge is 0.0784 e. The van der Waals surface area contributed by atoms with Gasteiger partial charge in [0.2, 0.25) is 0 Å². The van der Waals surface area contributed by atoms with Crippen LogP contribution in [0.2, 0.25) is 0 Å². The summed E-state index contributed by atoms with van der Waals surface area (Å²) in [6.07, 6.45) is 0.402. The molecule has 2 aliphatic heterocycles. The maximum atomic E-state index is 5.89. The molecule has 1 unspecified atom stereocenters. The first-order chi connectivity index (χ1) is 7.25. The van der Waals surface area contributed by atoms with Crippen LogP contribution in [0.4, 0.5) is 0 Å². The second-order valence-corrected chi connectivity index (χ2v) is 4.76. The summed E-state index contributed by atoms with van der Waals surface area (Å²) >= 11 is 0. The van der Waals surface area contributed by atoms with Gasteiger partial charge in [-0.3, -0.25) is 0 Å². The molecule has 0 aromatic heterocycles. The highest BCUT2D eigenvalue weighted by molar-refractivity contribution is 5.42. The van der Waals surface area contributed by atoms with Crippen molar-refractivity contribution in [3.05, 3.63) is 34.4 Å². The van der Waals surface area contributed by atoms with Gasteiger partial charge in [-0.15, -0.1) is 0 Å². The van der Waals surface area contributed by atoms with Crippen LogP contribution in [0.15, 0.2) is 12.1 Å². The molecule has 1 N–H and O–H groups in total. The van der Waals surface area contributed by atoms with Crippen molar-refractivity contribution in [3.63, 3.8) is 0 Å². The quantitative estimate of drug-likeness (QED) is 0.695. The van der Waals surface area contributed by atoms with Crippen molar-refractivity contribution in [2.24, 2.45) is 0 Å². The number of aryl methyl sites for hydroxylation is 2. The molecule has 2 heteroatoms. The van der Waals surface area contributed by atoms with Crippen molar-refractivity contribution in [1.29, 1.82) is 0 Å². The Balaban J connectivity index is 2.12. The molecule has 0 saturated carbocycles. The molecular weight excluding hydrogens is 186 g/mol. The van der Waals surface area contributed by atoms with E-state index in [0.717, 1.165) is 19.7 Å². The molecule has 0 amide bonds. The molecule has 0 spiro atoms. The standard InChI is InChI=1S/C13H17NO/c1-8-3-9(2)12-7-15-13-6-14-5-11(13)10(12)4-8/h3-4,11,13-14H,5-7H2,1-2H3/t11?,13-/m0/s1. The van der Waals surface area contributed by atoms with E-state index >= 15 is 0 Å². The highest BCUT2D eigenvalue weighted by Crippen LogP contribution is 2.35. The van der Waals surface area contributed by atoms with Gasteiger partial charge < -0.3 is 10.1 Å². The van der Waals surface area contributed by atoms with Gasteiger partial charge in [-0.05, 0) is 30.5 Å². The number of benzene rings is 1. The van der Waals surface area contributed by atoms with E-state index in [-0.39, 0.29) is 0 Å². The van der Waals surface area contributed by atoms with Crippen molar-refractivity contribution in [3.8, 4) is 0 Å². The number of ether oxygens (including phenoxy) is 1. The van der Waals surface area contributed by atoms with Gasteiger partial charge >= 0.3 is 0 Å². The van der Waals surface area contributed by atoms with Gasteiger partial charge in [0.25, 0.3) is 0 Å². The molecule has 3 rings (SSSR count). The fourth-order valence-electron chi connectivity index (χ4n) is 2.89. The van der Waals surface area contributed by atoms with Crippen LogP contribution in [0.25, 0.3) is 0 Å². The molecule has 0 aliphatic carbocycles. The van der Waals surface area contributed by atoms with Gasteiger partial charge in [0.15, 0.2) is 0 Å². The maximum Gasteiger partial charge on any atom is 0.0784 e. The summed E-state index contributed by atoms with van der Waals surface area (Å²) in [4.78, 5) is 0. The first kappa shape index (κ1) is 9.37. The molecule has 2 atom stereocenters. The molecule has 2 heterocycles. The average Bonchev–Trinajstić information content (AvgIpc) is 2.65. The zero-order chi connectivity index (χ0) is 10.4. The van der Waals surface area contributed by atoms with E-state index in [1.807, 2.05) is 0 Å². The maximum absolute atomic E-state index is 5.89. The molecule has 1 aromatic rings. The SMILES string of the molecule is Cc1cc(C)c2c(c1)C1CNC[C@@H]1OC2. The minimum Gasteiger partial charge on any atom is -0.372 e. The van der Waals surface area contributed by atoms with Crippen LogP contribution in [-0.2, 0) is 11.3 Å². The summed E-state index contributed by atoms with van der Waals surface area (Å²) in [6, 6.07) is 4.60. The van der Waals surface area contributed by atoms with E-state index in [9.17, 15) is 0 Å². The van der Waals surface area contributed by atoms with Crippen LogP contribution < -0.4 is 5.32 Å². The number of hydrogen-bond donors (Lipinski definition) is 1. The average molecular weight is 203 g/mol.